The van der Waals surface area contributed by atoms with Crippen molar-refractivity contribution in [2.24, 2.45) is 5.73 Å². The Bertz CT molecular complexity index is 1410. The number of ether oxygens (including phenoxy) is 2. The van der Waals surface area contributed by atoms with E-state index in [1.807, 2.05) is 42.5 Å². The molecular weight excluding hydrogens is 470 g/mol. The van der Waals surface area contributed by atoms with E-state index in [1.165, 1.54) is 14.2 Å². The van der Waals surface area contributed by atoms with Crippen molar-refractivity contribution in [3.63, 3.8) is 0 Å². The number of methoxy groups -OCH3 is 2. The summed E-state index contributed by atoms with van der Waals surface area (Å²) in [6.07, 6.45) is 2.70. The van der Waals surface area contributed by atoms with E-state index in [-0.39, 0.29) is 35.0 Å². The number of pyridine rings is 1. The van der Waals surface area contributed by atoms with Crippen LogP contribution in [0, 0.1) is 0 Å². The first-order valence-corrected chi connectivity index (χ1v) is 11.6. The van der Waals surface area contributed by atoms with Crippen LogP contribution < -0.4 is 11.1 Å². The largest absolute Gasteiger partial charge is 0.489 e. The first-order valence-electron chi connectivity index (χ1n) is 11.6. The van der Waals surface area contributed by atoms with Gasteiger partial charge in [0.1, 0.15) is 6.17 Å². The molecule has 4 rings (SSSR count). The number of amides is 1. The fourth-order valence-corrected chi connectivity index (χ4v) is 4.24. The third-order valence-electron chi connectivity index (χ3n) is 6.24. The molecule has 1 aliphatic rings. The van der Waals surface area contributed by atoms with Crippen molar-refractivity contribution >= 4 is 17.5 Å². The quantitative estimate of drug-likeness (QED) is 0.360. The third-order valence-corrected chi connectivity index (χ3v) is 6.24. The lowest BCUT2D eigenvalue weighted by atomic mass is 9.87. The number of rotatable bonds is 8. The van der Waals surface area contributed by atoms with E-state index in [0.717, 1.165) is 11.1 Å². The van der Waals surface area contributed by atoms with Gasteiger partial charge in [-0.05, 0) is 47.4 Å². The number of ketones is 2. The first kappa shape index (κ1) is 25.5. The number of allylic oxidation sites excluding steroid dienone is 2. The summed E-state index contributed by atoms with van der Waals surface area (Å²) in [7, 11) is 2.64. The van der Waals surface area contributed by atoms with E-state index in [2.05, 4.69) is 10.3 Å². The SMILES string of the molecule is COC1=C(OC)C(=O)C(Cc2ccc(-c3ccncc3)c(C(=O)N[C@@H](N)c3ccccc3)c2)=C(C)C1=O. The van der Waals surface area contributed by atoms with Crippen LogP contribution in [0.3, 0.4) is 0 Å². The minimum atomic E-state index is -0.716. The van der Waals surface area contributed by atoms with Gasteiger partial charge in [0.2, 0.25) is 23.1 Å². The molecule has 1 aliphatic carbocycles. The van der Waals surface area contributed by atoms with Crippen LogP contribution in [-0.2, 0) is 25.5 Å². The second-order valence-electron chi connectivity index (χ2n) is 8.48. The summed E-state index contributed by atoms with van der Waals surface area (Å²) < 4.78 is 10.3. The fraction of sp³-hybridized carbons (Fsp3) is 0.172. The standard InChI is InChI=1S/C29H27N3O5/c1-17-22(25(34)27(37-3)26(36-2)24(17)33)15-18-9-10-21(19-11-13-31-14-12-19)23(16-18)29(35)32-28(30)20-7-5-4-6-8-20/h4-14,16,28H,15,30H2,1-3H3,(H,32,35)/t28-/m1/s1. The normalized spacial score (nSPS) is 14.5. The van der Waals surface area contributed by atoms with Crippen molar-refractivity contribution in [1.82, 2.24) is 10.3 Å². The average Bonchev–Trinajstić information content (AvgIpc) is 2.93. The fourth-order valence-electron chi connectivity index (χ4n) is 4.24. The zero-order valence-electron chi connectivity index (χ0n) is 20.8. The lowest BCUT2D eigenvalue weighted by Crippen LogP contribution is -2.34. The molecule has 0 radical (unpaired) electrons. The second-order valence-corrected chi connectivity index (χ2v) is 8.48. The lowest BCUT2D eigenvalue weighted by Gasteiger charge is -2.21. The summed E-state index contributed by atoms with van der Waals surface area (Å²) in [6, 6.07) is 18.2. The van der Waals surface area contributed by atoms with Crippen molar-refractivity contribution in [2.45, 2.75) is 19.5 Å². The Morgan fingerprint density at radius 2 is 1.59 bits per heavy atom. The number of hydrogen-bond donors (Lipinski definition) is 2. The summed E-state index contributed by atoms with van der Waals surface area (Å²) in [5.41, 5.74) is 10.1. The highest BCUT2D eigenvalue weighted by Crippen LogP contribution is 2.30. The van der Waals surface area contributed by atoms with Crippen LogP contribution in [0.2, 0.25) is 0 Å². The second kappa shape index (κ2) is 11.0. The lowest BCUT2D eigenvalue weighted by molar-refractivity contribution is -0.121. The molecule has 1 atom stereocenters. The number of nitrogens with one attached hydrogen (secondary N) is 1. The molecule has 37 heavy (non-hydrogen) atoms. The highest BCUT2D eigenvalue weighted by molar-refractivity contribution is 6.23. The summed E-state index contributed by atoms with van der Waals surface area (Å²) in [5.74, 6) is -1.45. The van der Waals surface area contributed by atoms with E-state index in [4.69, 9.17) is 15.2 Å². The number of hydrogen-bond acceptors (Lipinski definition) is 7. The van der Waals surface area contributed by atoms with E-state index in [1.54, 1.807) is 37.5 Å². The molecule has 0 unspecified atom stereocenters. The van der Waals surface area contributed by atoms with E-state index in [9.17, 15) is 14.4 Å². The Labute approximate surface area is 214 Å². The molecule has 1 amide bonds. The summed E-state index contributed by atoms with van der Waals surface area (Å²) >= 11 is 0. The van der Waals surface area contributed by atoms with E-state index < -0.39 is 17.7 Å². The molecule has 0 saturated heterocycles. The monoisotopic (exact) mass is 497 g/mol. The average molecular weight is 498 g/mol. The van der Waals surface area contributed by atoms with Crippen LogP contribution >= 0.6 is 0 Å². The minimum absolute atomic E-state index is 0.114. The number of nitrogens with two attached hydrogens (primary N) is 1. The maximum atomic E-state index is 13.4. The Hall–Kier alpha value is -4.56. The van der Waals surface area contributed by atoms with E-state index in [0.29, 0.717) is 16.7 Å². The number of Topliss-reactive ketones (excluding diaryl/α,β-unsaturated/α-hetero) is 2. The van der Waals surface area contributed by atoms with Crippen LogP contribution in [-0.4, -0.2) is 36.7 Å². The van der Waals surface area contributed by atoms with Gasteiger partial charge in [-0.3, -0.25) is 19.4 Å². The van der Waals surface area contributed by atoms with Crippen LogP contribution in [0.15, 0.2) is 95.7 Å². The van der Waals surface area contributed by atoms with Gasteiger partial charge in [0, 0.05) is 35.5 Å². The maximum absolute atomic E-state index is 13.4. The van der Waals surface area contributed by atoms with Gasteiger partial charge in [-0.25, -0.2) is 0 Å². The highest BCUT2D eigenvalue weighted by atomic mass is 16.5. The van der Waals surface area contributed by atoms with Crippen LogP contribution in [0.1, 0.15) is 34.6 Å². The third kappa shape index (κ3) is 5.19. The van der Waals surface area contributed by atoms with Gasteiger partial charge in [0.25, 0.3) is 5.91 Å². The summed E-state index contributed by atoms with van der Waals surface area (Å²) in [6.45, 7) is 1.58. The maximum Gasteiger partial charge on any atom is 0.253 e. The zero-order chi connectivity index (χ0) is 26.5. The number of nitrogens with zero attached hydrogens (tertiary/aromatic N) is 1. The zero-order valence-corrected chi connectivity index (χ0v) is 20.8. The Morgan fingerprint density at radius 1 is 0.946 bits per heavy atom. The highest BCUT2D eigenvalue weighted by Gasteiger charge is 2.34. The Balaban J connectivity index is 1.71. The molecule has 0 fully saturated rings. The van der Waals surface area contributed by atoms with Crippen molar-refractivity contribution in [1.29, 1.82) is 0 Å². The minimum Gasteiger partial charge on any atom is -0.489 e. The van der Waals surface area contributed by atoms with Gasteiger partial charge in [-0.15, -0.1) is 0 Å². The first-order chi connectivity index (χ1) is 17.8. The van der Waals surface area contributed by atoms with Crippen LogP contribution in [0.4, 0.5) is 0 Å². The topological polar surface area (TPSA) is 121 Å². The molecule has 0 spiro atoms. The molecule has 2 aromatic carbocycles. The summed E-state index contributed by atoms with van der Waals surface area (Å²) in [5, 5.41) is 2.85. The van der Waals surface area contributed by atoms with Crippen LogP contribution in [0.25, 0.3) is 11.1 Å². The Morgan fingerprint density at radius 3 is 2.24 bits per heavy atom. The van der Waals surface area contributed by atoms with Gasteiger partial charge in [0.15, 0.2) is 0 Å². The molecule has 8 nitrogen and oxygen atoms in total. The van der Waals surface area contributed by atoms with Gasteiger partial charge < -0.3 is 20.5 Å². The van der Waals surface area contributed by atoms with Crippen molar-refractivity contribution < 1.29 is 23.9 Å². The molecule has 0 aliphatic heterocycles. The smallest absolute Gasteiger partial charge is 0.253 e. The molecule has 0 bridgehead atoms. The van der Waals surface area contributed by atoms with Crippen molar-refractivity contribution in [2.75, 3.05) is 14.2 Å². The predicted molar refractivity (Wildman–Crippen MR) is 138 cm³/mol. The van der Waals surface area contributed by atoms with Gasteiger partial charge in [-0.1, -0.05) is 42.5 Å². The molecule has 188 valence electrons. The number of carbonyl (C=O) groups is 3. The molecule has 3 N–H and O–H groups in total. The van der Waals surface area contributed by atoms with Gasteiger partial charge >= 0.3 is 0 Å². The number of aromatic nitrogens is 1. The molecule has 1 aromatic heterocycles. The Kier molecular flexibility index (Phi) is 7.60. The summed E-state index contributed by atoms with van der Waals surface area (Å²) in [4.78, 5) is 43.4. The molecule has 0 saturated carbocycles. The van der Waals surface area contributed by atoms with Gasteiger partial charge in [-0.2, -0.15) is 0 Å². The van der Waals surface area contributed by atoms with Crippen LogP contribution in [0.5, 0.6) is 0 Å². The number of benzene rings is 2. The van der Waals surface area contributed by atoms with E-state index >= 15 is 0 Å². The number of carbonyl (C=O) groups excluding carboxylic acids is 3. The predicted octanol–water partition coefficient (Wildman–Crippen LogP) is 3.65. The van der Waals surface area contributed by atoms with Crippen molar-refractivity contribution in [3.05, 3.63) is 112 Å². The van der Waals surface area contributed by atoms with Crippen molar-refractivity contribution in [3.8, 4) is 11.1 Å². The van der Waals surface area contributed by atoms with Gasteiger partial charge in [0.05, 0.1) is 14.2 Å². The molecule has 3 aromatic rings. The molecule has 8 heteroatoms. The molecular formula is C29H27N3O5. The molecule has 1 heterocycles.